The van der Waals surface area contributed by atoms with E-state index >= 15 is 0 Å². The van der Waals surface area contributed by atoms with Crippen molar-refractivity contribution in [2.75, 3.05) is 31.6 Å². The van der Waals surface area contributed by atoms with Gasteiger partial charge >= 0.3 is 0 Å². The number of nitrogens with two attached hydrogens (primary N) is 1. The van der Waals surface area contributed by atoms with Crippen molar-refractivity contribution in [2.45, 2.75) is 43.5 Å². The molecular weight excluding hydrogens is 412 g/mol. The summed E-state index contributed by atoms with van der Waals surface area (Å²) in [7, 11) is -2.02. The van der Waals surface area contributed by atoms with Crippen LogP contribution in [0.1, 0.15) is 36.8 Å². The van der Waals surface area contributed by atoms with Gasteiger partial charge in [0.05, 0.1) is 12.3 Å². The summed E-state index contributed by atoms with van der Waals surface area (Å²) in [4.78, 5) is 4.34. The zero-order valence-electron chi connectivity index (χ0n) is 18.0. The molecule has 0 atom stereocenters. The van der Waals surface area contributed by atoms with Crippen molar-refractivity contribution in [3.8, 4) is 5.75 Å². The number of para-hydroxylation sites is 1. The second-order valence-corrected chi connectivity index (χ2v) is 9.76. The molecule has 0 spiro atoms. The van der Waals surface area contributed by atoms with Gasteiger partial charge in [0.2, 0.25) is 5.96 Å². The quantitative estimate of drug-likeness (QED) is 0.663. The fourth-order valence-electron chi connectivity index (χ4n) is 4.27. The number of guanidine groups is 1. The molecule has 2 heterocycles. The van der Waals surface area contributed by atoms with Crippen molar-refractivity contribution in [1.29, 1.82) is 0 Å². The van der Waals surface area contributed by atoms with Crippen LogP contribution in [0.2, 0.25) is 0 Å². The van der Waals surface area contributed by atoms with Gasteiger partial charge in [0, 0.05) is 13.6 Å². The van der Waals surface area contributed by atoms with E-state index in [4.69, 9.17) is 10.5 Å². The number of rotatable bonds is 7. The van der Waals surface area contributed by atoms with Gasteiger partial charge in [-0.05, 0) is 68.1 Å². The van der Waals surface area contributed by atoms with Gasteiger partial charge in [0.25, 0.3) is 10.0 Å². The van der Waals surface area contributed by atoms with E-state index in [-0.39, 0.29) is 10.9 Å². The Bertz CT molecular complexity index is 1060. The van der Waals surface area contributed by atoms with Gasteiger partial charge < -0.3 is 15.4 Å². The van der Waals surface area contributed by atoms with Crippen molar-refractivity contribution in [3.05, 3.63) is 53.6 Å². The molecule has 2 aromatic rings. The molecule has 166 valence electrons. The lowest BCUT2D eigenvalue weighted by Crippen LogP contribution is -2.39. The van der Waals surface area contributed by atoms with Gasteiger partial charge in [-0.2, -0.15) is 8.42 Å². The lowest BCUT2D eigenvalue weighted by Gasteiger charge is -2.27. The van der Waals surface area contributed by atoms with Crippen LogP contribution in [0.4, 0.5) is 5.69 Å². The normalized spacial score (nSPS) is 18.4. The summed E-state index contributed by atoms with van der Waals surface area (Å²) in [6, 6.07) is 13.6. The maximum absolute atomic E-state index is 12.3. The average Bonchev–Trinajstić information content (AvgIpc) is 2.76. The molecule has 4 rings (SSSR count). The van der Waals surface area contributed by atoms with Crippen molar-refractivity contribution in [3.63, 3.8) is 0 Å². The van der Waals surface area contributed by atoms with Crippen LogP contribution in [0.15, 0.2) is 51.8 Å². The summed E-state index contributed by atoms with van der Waals surface area (Å²) in [5.41, 5.74) is 8.62. The molecule has 31 heavy (non-hydrogen) atoms. The fraction of sp³-hybridized carbons (Fsp3) is 0.435. The van der Waals surface area contributed by atoms with E-state index in [0.717, 1.165) is 24.3 Å². The number of piperidine rings is 1. The van der Waals surface area contributed by atoms with Gasteiger partial charge in [-0.25, -0.2) is 0 Å². The lowest BCUT2D eigenvalue weighted by atomic mass is 10.1. The monoisotopic (exact) mass is 442 g/mol. The molecule has 0 amide bonds. The second kappa shape index (κ2) is 9.28. The van der Waals surface area contributed by atoms with Crippen LogP contribution in [-0.4, -0.2) is 46.0 Å². The predicted molar refractivity (Wildman–Crippen MR) is 123 cm³/mol. The summed E-state index contributed by atoms with van der Waals surface area (Å²) in [6.45, 7) is 3.87. The fourth-order valence-corrected chi connectivity index (χ4v) is 5.50. The molecule has 2 aromatic carbocycles. The maximum atomic E-state index is 12.3. The zero-order chi connectivity index (χ0) is 21.8. The number of ether oxygens (including phenoxy) is 1. The molecule has 7 nitrogen and oxygen atoms in total. The van der Waals surface area contributed by atoms with Gasteiger partial charge in [-0.3, -0.25) is 4.90 Å². The summed E-state index contributed by atoms with van der Waals surface area (Å²) < 4.78 is 34.3. The number of aryl methyl sites for hydroxylation is 1. The zero-order valence-corrected chi connectivity index (χ0v) is 18.8. The Morgan fingerprint density at radius 3 is 2.68 bits per heavy atom. The summed E-state index contributed by atoms with van der Waals surface area (Å²) >= 11 is 0. The molecule has 0 aromatic heterocycles. The van der Waals surface area contributed by atoms with Crippen molar-refractivity contribution in [1.82, 2.24) is 4.90 Å². The highest BCUT2D eigenvalue weighted by Crippen LogP contribution is 2.33. The molecule has 0 bridgehead atoms. The molecule has 2 aliphatic rings. The Labute approximate surface area is 184 Å². The first-order chi connectivity index (χ1) is 14.9. The third-order valence-corrected chi connectivity index (χ3v) is 7.18. The Balaban J connectivity index is 1.36. The van der Waals surface area contributed by atoms with E-state index in [1.807, 2.05) is 18.2 Å². The van der Waals surface area contributed by atoms with E-state index in [0.29, 0.717) is 18.7 Å². The molecule has 0 radical (unpaired) electrons. The number of sulfonamides is 1. The Hall–Kier alpha value is -2.58. The van der Waals surface area contributed by atoms with Crippen molar-refractivity contribution in [2.24, 2.45) is 10.1 Å². The van der Waals surface area contributed by atoms with E-state index in [2.05, 4.69) is 21.4 Å². The lowest BCUT2D eigenvalue weighted by molar-refractivity contribution is 0.220. The first-order valence-corrected chi connectivity index (χ1v) is 12.3. The number of likely N-dealkylation sites (tertiary alicyclic amines) is 1. The highest BCUT2D eigenvalue weighted by atomic mass is 32.2. The third kappa shape index (κ3) is 5.02. The van der Waals surface area contributed by atoms with Gasteiger partial charge in [0.15, 0.2) is 0 Å². The van der Waals surface area contributed by atoms with Crippen LogP contribution >= 0.6 is 0 Å². The Kier molecular flexibility index (Phi) is 6.48. The molecule has 1 saturated heterocycles. The predicted octanol–water partition coefficient (Wildman–Crippen LogP) is 3.14. The van der Waals surface area contributed by atoms with Gasteiger partial charge in [-0.15, -0.1) is 4.40 Å². The first kappa shape index (κ1) is 21.6. The molecule has 0 aliphatic carbocycles. The molecule has 0 unspecified atom stereocenters. The SMILES string of the molecule is CN1C(N)=NS(=O)(=O)c2cccc(CCCOc3cccc(CN4CCCCC4)c3)c21. The van der Waals surface area contributed by atoms with Crippen molar-refractivity contribution < 1.29 is 13.2 Å². The van der Waals surface area contributed by atoms with E-state index in [1.54, 1.807) is 24.1 Å². The number of hydrogen-bond acceptors (Lipinski definition) is 6. The van der Waals surface area contributed by atoms with Crippen LogP contribution in [0.3, 0.4) is 0 Å². The van der Waals surface area contributed by atoms with Crippen LogP contribution in [0, 0.1) is 0 Å². The van der Waals surface area contributed by atoms with Crippen LogP contribution < -0.4 is 15.4 Å². The number of anilines is 1. The minimum absolute atomic E-state index is 0.0123. The minimum Gasteiger partial charge on any atom is -0.494 e. The molecule has 8 heteroatoms. The summed E-state index contributed by atoms with van der Waals surface area (Å²) in [6.07, 6.45) is 5.35. The highest BCUT2D eigenvalue weighted by Gasteiger charge is 2.29. The number of fused-ring (bicyclic) bond motifs is 1. The molecule has 2 aliphatic heterocycles. The number of nitrogens with zero attached hydrogens (tertiary/aromatic N) is 3. The highest BCUT2D eigenvalue weighted by molar-refractivity contribution is 7.90. The van der Waals surface area contributed by atoms with Gasteiger partial charge in [0.1, 0.15) is 10.6 Å². The molecule has 0 saturated carbocycles. The van der Waals surface area contributed by atoms with E-state index in [9.17, 15) is 8.42 Å². The van der Waals surface area contributed by atoms with Crippen LogP contribution in [0.5, 0.6) is 5.75 Å². The molecule has 1 fully saturated rings. The van der Waals surface area contributed by atoms with E-state index < -0.39 is 10.0 Å². The second-order valence-electron chi connectivity index (χ2n) is 8.18. The number of benzene rings is 2. The number of hydrogen-bond donors (Lipinski definition) is 1. The van der Waals surface area contributed by atoms with Gasteiger partial charge in [-0.1, -0.05) is 30.7 Å². The Morgan fingerprint density at radius 1 is 1.10 bits per heavy atom. The third-order valence-electron chi connectivity index (χ3n) is 5.87. The van der Waals surface area contributed by atoms with E-state index in [1.165, 1.54) is 37.9 Å². The summed E-state index contributed by atoms with van der Waals surface area (Å²) in [5.74, 6) is 0.863. The standard InChI is InChI=1S/C23H30N4O3S/c1-26-22-19(9-6-12-21(22)31(28,29)25-23(26)24)10-7-15-30-20-11-5-8-18(16-20)17-27-13-3-2-4-14-27/h5-6,8-9,11-12,16H,2-4,7,10,13-15,17H2,1H3,(H2,24,25). The van der Waals surface area contributed by atoms with Crippen LogP contribution in [-0.2, 0) is 23.0 Å². The maximum Gasteiger partial charge on any atom is 0.287 e. The largest absolute Gasteiger partial charge is 0.494 e. The molecular formula is C23H30N4O3S. The van der Waals surface area contributed by atoms with Crippen molar-refractivity contribution >= 4 is 21.7 Å². The first-order valence-electron chi connectivity index (χ1n) is 10.8. The summed E-state index contributed by atoms with van der Waals surface area (Å²) in [5, 5.41) is 0. The minimum atomic E-state index is -3.75. The smallest absolute Gasteiger partial charge is 0.287 e. The average molecular weight is 443 g/mol. The molecule has 2 N–H and O–H groups in total. The Morgan fingerprint density at radius 2 is 1.87 bits per heavy atom. The van der Waals surface area contributed by atoms with Crippen LogP contribution in [0.25, 0.3) is 0 Å². The topological polar surface area (TPSA) is 88.2 Å².